The average Bonchev–Trinajstić information content (AvgIpc) is 3.17. The SMILES string of the molecule is NC(=O)c1ccc2nc(-c3ccc(-c4ccccc4)cc3)[nH]c2c1.O=C(O)C(F)(F)F. The summed E-state index contributed by atoms with van der Waals surface area (Å²) in [6.07, 6.45) is -5.08. The topological polar surface area (TPSA) is 109 Å². The van der Waals surface area contributed by atoms with Crippen LogP contribution >= 0.6 is 0 Å². The summed E-state index contributed by atoms with van der Waals surface area (Å²) >= 11 is 0. The van der Waals surface area contributed by atoms with Gasteiger partial charge in [0.1, 0.15) is 5.82 Å². The largest absolute Gasteiger partial charge is 0.490 e. The molecule has 4 rings (SSSR count). The molecular formula is C22H16F3N3O3. The second-order valence-electron chi connectivity index (χ2n) is 6.43. The first-order valence-corrected chi connectivity index (χ1v) is 8.90. The quantitative estimate of drug-likeness (QED) is 0.443. The van der Waals surface area contributed by atoms with Gasteiger partial charge in [0.05, 0.1) is 11.0 Å². The van der Waals surface area contributed by atoms with Crippen LogP contribution in [0.4, 0.5) is 13.2 Å². The number of H-pyrrole nitrogens is 1. The molecule has 0 saturated carbocycles. The van der Waals surface area contributed by atoms with Crippen molar-refractivity contribution >= 4 is 22.9 Å². The number of carbonyl (C=O) groups excluding carboxylic acids is 1. The molecule has 0 aliphatic heterocycles. The average molecular weight is 427 g/mol. The number of fused-ring (bicyclic) bond motifs is 1. The lowest BCUT2D eigenvalue weighted by atomic mass is 10.0. The van der Waals surface area contributed by atoms with Crippen LogP contribution in [0.3, 0.4) is 0 Å². The zero-order valence-electron chi connectivity index (χ0n) is 15.9. The van der Waals surface area contributed by atoms with Gasteiger partial charge in [0.2, 0.25) is 5.91 Å². The van der Waals surface area contributed by atoms with Crippen LogP contribution in [-0.4, -0.2) is 33.1 Å². The lowest BCUT2D eigenvalue weighted by molar-refractivity contribution is -0.192. The lowest BCUT2D eigenvalue weighted by Crippen LogP contribution is -2.21. The van der Waals surface area contributed by atoms with Gasteiger partial charge in [-0.25, -0.2) is 9.78 Å². The fourth-order valence-electron chi connectivity index (χ4n) is 2.75. The minimum absolute atomic E-state index is 0.444. The number of halogens is 3. The molecule has 0 atom stereocenters. The Kier molecular flexibility index (Phi) is 6.05. The first kappa shape index (κ1) is 21.6. The Morgan fingerprint density at radius 3 is 1.97 bits per heavy atom. The molecule has 1 aromatic heterocycles. The molecule has 0 fully saturated rings. The van der Waals surface area contributed by atoms with E-state index in [1.165, 1.54) is 5.56 Å². The van der Waals surface area contributed by atoms with Crippen molar-refractivity contribution in [3.05, 3.63) is 78.4 Å². The zero-order chi connectivity index (χ0) is 22.6. The number of benzene rings is 3. The maximum atomic E-state index is 11.3. The number of carbonyl (C=O) groups is 2. The standard InChI is InChI=1S/C20H15N3O.C2HF3O2/c21-19(24)16-10-11-17-18(12-16)23-20(22-17)15-8-6-14(7-9-15)13-4-2-1-3-5-13;3-2(4,5)1(6)7/h1-12H,(H2,21,24)(H,22,23);(H,6,7). The third-order valence-corrected chi connectivity index (χ3v) is 4.27. The van der Waals surface area contributed by atoms with E-state index in [1.54, 1.807) is 18.2 Å². The van der Waals surface area contributed by atoms with Crippen molar-refractivity contribution in [2.75, 3.05) is 0 Å². The van der Waals surface area contributed by atoms with Crippen LogP contribution < -0.4 is 5.73 Å². The maximum Gasteiger partial charge on any atom is 0.490 e. The minimum Gasteiger partial charge on any atom is -0.475 e. The number of nitrogens with two attached hydrogens (primary N) is 1. The summed E-state index contributed by atoms with van der Waals surface area (Å²) in [6, 6.07) is 23.7. The summed E-state index contributed by atoms with van der Waals surface area (Å²) in [7, 11) is 0. The fourth-order valence-corrected chi connectivity index (χ4v) is 2.75. The molecule has 9 heteroatoms. The highest BCUT2D eigenvalue weighted by Gasteiger charge is 2.38. The van der Waals surface area contributed by atoms with Gasteiger partial charge in [-0.05, 0) is 29.3 Å². The number of primary amides is 1. The molecule has 4 N–H and O–H groups in total. The second-order valence-corrected chi connectivity index (χ2v) is 6.43. The molecule has 158 valence electrons. The first-order valence-electron chi connectivity index (χ1n) is 8.90. The minimum atomic E-state index is -5.08. The smallest absolute Gasteiger partial charge is 0.475 e. The molecule has 0 aliphatic carbocycles. The van der Waals surface area contributed by atoms with E-state index in [0.29, 0.717) is 5.56 Å². The number of aromatic nitrogens is 2. The molecule has 0 saturated heterocycles. The van der Waals surface area contributed by atoms with Crippen LogP contribution in [0.25, 0.3) is 33.5 Å². The molecule has 4 aromatic rings. The highest BCUT2D eigenvalue weighted by atomic mass is 19.4. The van der Waals surface area contributed by atoms with Crippen molar-refractivity contribution in [2.24, 2.45) is 5.73 Å². The van der Waals surface area contributed by atoms with Crippen LogP contribution in [0.1, 0.15) is 10.4 Å². The van der Waals surface area contributed by atoms with E-state index in [9.17, 15) is 18.0 Å². The van der Waals surface area contributed by atoms with Crippen molar-refractivity contribution in [2.45, 2.75) is 6.18 Å². The molecule has 0 radical (unpaired) electrons. The van der Waals surface area contributed by atoms with Gasteiger partial charge in [0, 0.05) is 11.1 Å². The summed E-state index contributed by atoms with van der Waals surface area (Å²) in [5.74, 6) is -2.43. The molecule has 1 amide bonds. The highest BCUT2D eigenvalue weighted by Crippen LogP contribution is 2.25. The first-order chi connectivity index (χ1) is 14.6. The molecule has 3 aromatic carbocycles. The number of amides is 1. The Labute approximate surface area is 174 Å². The summed E-state index contributed by atoms with van der Waals surface area (Å²) in [4.78, 5) is 28.0. The monoisotopic (exact) mass is 427 g/mol. The predicted molar refractivity (Wildman–Crippen MR) is 109 cm³/mol. The van der Waals surface area contributed by atoms with Gasteiger partial charge < -0.3 is 15.8 Å². The Hall–Kier alpha value is -4.14. The van der Waals surface area contributed by atoms with Gasteiger partial charge in [0.25, 0.3) is 0 Å². The molecule has 31 heavy (non-hydrogen) atoms. The van der Waals surface area contributed by atoms with Crippen molar-refractivity contribution in [3.63, 3.8) is 0 Å². The van der Waals surface area contributed by atoms with Crippen molar-refractivity contribution < 1.29 is 27.9 Å². The van der Waals surface area contributed by atoms with E-state index in [4.69, 9.17) is 15.6 Å². The number of aliphatic carboxylic acids is 1. The molecule has 0 aliphatic rings. The number of nitrogens with zero attached hydrogens (tertiary/aromatic N) is 1. The number of carboxylic acid groups (broad SMARTS) is 1. The van der Waals surface area contributed by atoms with E-state index >= 15 is 0 Å². The van der Waals surface area contributed by atoms with Crippen LogP contribution in [0.5, 0.6) is 0 Å². The number of hydrogen-bond acceptors (Lipinski definition) is 3. The highest BCUT2D eigenvalue weighted by molar-refractivity contribution is 5.96. The summed E-state index contributed by atoms with van der Waals surface area (Å²) in [5.41, 5.74) is 10.7. The van der Waals surface area contributed by atoms with Crippen LogP contribution in [0.2, 0.25) is 0 Å². The number of rotatable bonds is 3. The summed E-state index contributed by atoms with van der Waals surface area (Å²) in [5, 5.41) is 7.12. The third-order valence-electron chi connectivity index (χ3n) is 4.27. The van der Waals surface area contributed by atoms with E-state index in [1.807, 2.05) is 30.3 Å². The normalized spacial score (nSPS) is 10.9. The number of nitrogens with one attached hydrogen (secondary N) is 1. The van der Waals surface area contributed by atoms with Gasteiger partial charge in [0.15, 0.2) is 0 Å². The third kappa shape index (κ3) is 5.27. The Morgan fingerprint density at radius 2 is 1.42 bits per heavy atom. The van der Waals surface area contributed by atoms with E-state index in [2.05, 4.69) is 34.2 Å². The van der Waals surface area contributed by atoms with Crippen molar-refractivity contribution in [1.29, 1.82) is 0 Å². The predicted octanol–water partition coefficient (Wildman–Crippen LogP) is 4.63. The summed E-state index contributed by atoms with van der Waals surface area (Å²) in [6.45, 7) is 0. The van der Waals surface area contributed by atoms with Crippen LogP contribution in [0, 0.1) is 0 Å². The Balaban J connectivity index is 0.000000339. The molecular weight excluding hydrogens is 411 g/mol. The molecule has 0 bridgehead atoms. The van der Waals surface area contributed by atoms with Crippen LogP contribution in [-0.2, 0) is 4.79 Å². The van der Waals surface area contributed by atoms with Crippen LogP contribution in [0.15, 0.2) is 72.8 Å². The van der Waals surface area contributed by atoms with Crippen molar-refractivity contribution in [1.82, 2.24) is 9.97 Å². The van der Waals surface area contributed by atoms with Gasteiger partial charge in [-0.2, -0.15) is 13.2 Å². The second kappa shape index (κ2) is 8.70. The van der Waals surface area contributed by atoms with Gasteiger partial charge >= 0.3 is 12.1 Å². The van der Waals surface area contributed by atoms with Gasteiger partial charge in [-0.1, -0.05) is 54.6 Å². The number of aromatic amines is 1. The molecule has 0 unspecified atom stereocenters. The zero-order valence-corrected chi connectivity index (χ0v) is 15.9. The number of hydrogen-bond donors (Lipinski definition) is 3. The Bertz CT molecular complexity index is 1220. The van der Waals surface area contributed by atoms with E-state index < -0.39 is 18.1 Å². The Morgan fingerprint density at radius 1 is 0.871 bits per heavy atom. The van der Waals surface area contributed by atoms with E-state index in [-0.39, 0.29) is 0 Å². The molecule has 1 heterocycles. The lowest BCUT2D eigenvalue weighted by Gasteiger charge is -2.02. The number of imidazole rings is 1. The molecule has 6 nitrogen and oxygen atoms in total. The number of alkyl halides is 3. The maximum absolute atomic E-state index is 11.3. The van der Waals surface area contributed by atoms with E-state index in [0.717, 1.165) is 28.0 Å². The number of carboxylic acids is 1. The van der Waals surface area contributed by atoms with Gasteiger partial charge in [-0.3, -0.25) is 4.79 Å². The molecule has 0 spiro atoms. The summed E-state index contributed by atoms with van der Waals surface area (Å²) < 4.78 is 31.7. The van der Waals surface area contributed by atoms with Crippen molar-refractivity contribution in [3.8, 4) is 22.5 Å². The van der Waals surface area contributed by atoms with Gasteiger partial charge in [-0.15, -0.1) is 0 Å². The fraction of sp³-hybridized carbons (Fsp3) is 0.0455.